The predicted molar refractivity (Wildman–Crippen MR) is 87.6 cm³/mol. The first-order valence-corrected chi connectivity index (χ1v) is 8.39. The van der Waals surface area contributed by atoms with Crippen LogP contribution in [0.1, 0.15) is 28.6 Å². The van der Waals surface area contributed by atoms with Gasteiger partial charge >= 0.3 is 11.9 Å². The summed E-state index contributed by atoms with van der Waals surface area (Å²) in [6, 6.07) is 0. The minimum atomic E-state index is -4.45. The van der Waals surface area contributed by atoms with E-state index in [4.69, 9.17) is 4.74 Å². The van der Waals surface area contributed by atoms with E-state index in [0.29, 0.717) is 18.5 Å². The second-order valence-electron chi connectivity index (χ2n) is 5.34. The van der Waals surface area contributed by atoms with Crippen molar-refractivity contribution in [1.29, 1.82) is 0 Å². The summed E-state index contributed by atoms with van der Waals surface area (Å²) < 4.78 is 44.7. The van der Waals surface area contributed by atoms with Gasteiger partial charge in [-0.2, -0.15) is 13.2 Å². The molecule has 2 rings (SSSR count). The first kappa shape index (κ1) is 19.4. The molecule has 0 radical (unpaired) electrons. The molecule has 0 saturated carbocycles. The summed E-state index contributed by atoms with van der Waals surface area (Å²) >= 11 is 0.849. The van der Waals surface area contributed by atoms with Gasteiger partial charge in [-0.05, 0) is 19.4 Å². The molecule has 25 heavy (non-hydrogen) atoms. The maximum Gasteiger partial charge on any atom is 0.390 e. The van der Waals surface area contributed by atoms with E-state index in [-0.39, 0.29) is 28.2 Å². The van der Waals surface area contributed by atoms with Crippen molar-refractivity contribution in [1.82, 2.24) is 9.13 Å². The number of carbonyl (C=O) groups is 1. The topological polar surface area (TPSA) is 70.3 Å². The van der Waals surface area contributed by atoms with Crippen molar-refractivity contribution in [3.63, 3.8) is 0 Å². The minimum absolute atomic E-state index is 0.0703. The van der Waals surface area contributed by atoms with Crippen LogP contribution in [0.25, 0.3) is 10.2 Å². The van der Waals surface area contributed by atoms with Crippen LogP contribution in [0.15, 0.2) is 9.59 Å². The highest BCUT2D eigenvalue weighted by Gasteiger charge is 2.28. The molecule has 0 bridgehead atoms. The van der Waals surface area contributed by atoms with E-state index in [2.05, 4.69) is 0 Å². The van der Waals surface area contributed by atoms with E-state index in [1.54, 1.807) is 6.92 Å². The molecule has 2 aromatic heterocycles. The summed E-state index contributed by atoms with van der Waals surface area (Å²) in [4.78, 5) is 36.6. The Hall–Kier alpha value is -1.94. The SMILES string of the molecule is CCOCCn1c(=O)c2c(C)c(C=O)sc2n(CCC(F)(F)F)c1=O. The lowest BCUT2D eigenvalue weighted by Gasteiger charge is -2.13. The van der Waals surface area contributed by atoms with Crippen LogP contribution in [0.2, 0.25) is 0 Å². The molecular formula is C15H17F3N2O4S. The van der Waals surface area contributed by atoms with Crippen LogP contribution in [0.4, 0.5) is 13.2 Å². The molecule has 0 aliphatic rings. The fourth-order valence-electron chi connectivity index (χ4n) is 2.46. The molecule has 0 fully saturated rings. The van der Waals surface area contributed by atoms with Crippen molar-refractivity contribution < 1.29 is 22.7 Å². The Labute approximate surface area is 144 Å². The van der Waals surface area contributed by atoms with Gasteiger partial charge in [-0.1, -0.05) is 0 Å². The van der Waals surface area contributed by atoms with E-state index in [1.807, 2.05) is 0 Å². The van der Waals surface area contributed by atoms with Gasteiger partial charge in [0.15, 0.2) is 6.29 Å². The molecule has 0 aliphatic heterocycles. The van der Waals surface area contributed by atoms with Gasteiger partial charge in [-0.15, -0.1) is 11.3 Å². The monoisotopic (exact) mass is 378 g/mol. The third kappa shape index (κ3) is 4.01. The van der Waals surface area contributed by atoms with Crippen LogP contribution in [0.3, 0.4) is 0 Å². The largest absolute Gasteiger partial charge is 0.390 e. The van der Waals surface area contributed by atoms with Crippen LogP contribution >= 0.6 is 11.3 Å². The number of ether oxygens (including phenoxy) is 1. The minimum Gasteiger partial charge on any atom is -0.380 e. The van der Waals surface area contributed by atoms with Crippen LogP contribution in [-0.2, 0) is 17.8 Å². The lowest BCUT2D eigenvalue weighted by atomic mass is 10.2. The Bertz CT molecular complexity index is 895. The smallest absolute Gasteiger partial charge is 0.380 e. The van der Waals surface area contributed by atoms with Gasteiger partial charge in [0, 0.05) is 13.2 Å². The number of aldehydes is 1. The lowest BCUT2D eigenvalue weighted by molar-refractivity contribution is -0.136. The van der Waals surface area contributed by atoms with Gasteiger partial charge in [0.25, 0.3) is 5.56 Å². The highest BCUT2D eigenvalue weighted by Crippen LogP contribution is 2.27. The molecule has 0 aromatic carbocycles. The zero-order valence-corrected chi connectivity index (χ0v) is 14.5. The number of rotatable bonds is 7. The van der Waals surface area contributed by atoms with Gasteiger partial charge in [-0.25, -0.2) is 4.79 Å². The Morgan fingerprint density at radius 2 is 1.88 bits per heavy atom. The number of thiophene rings is 1. The quantitative estimate of drug-likeness (QED) is 0.548. The number of halogens is 3. The molecule has 0 atom stereocenters. The Morgan fingerprint density at radius 3 is 2.44 bits per heavy atom. The number of carbonyl (C=O) groups excluding carboxylic acids is 1. The average molecular weight is 378 g/mol. The van der Waals surface area contributed by atoms with E-state index >= 15 is 0 Å². The second-order valence-corrected chi connectivity index (χ2v) is 6.37. The summed E-state index contributed by atoms with van der Waals surface area (Å²) in [7, 11) is 0. The maximum absolute atomic E-state index is 12.6. The Balaban J connectivity index is 2.68. The molecule has 138 valence electrons. The van der Waals surface area contributed by atoms with Gasteiger partial charge in [-0.3, -0.25) is 18.7 Å². The third-order valence-electron chi connectivity index (χ3n) is 3.72. The molecule has 0 unspecified atom stereocenters. The number of aryl methyl sites for hydroxylation is 2. The summed E-state index contributed by atoms with van der Waals surface area (Å²) in [5, 5.41) is 0.102. The van der Waals surface area contributed by atoms with Gasteiger partial charge in [0.2, 0.25) is 0 Å². The molecule has 0 spiro atoms. The van der Waals surface area contributed by atoms with Crippen molar-refractivity contribution in [3.8, 4) is 0 Å². The normalized spacial score (nSPS) is 12.0. The van der Waals surface area contributed by atoms with Crippen LogP contribution in [0.5, 0.6) is 0 Å². The summed E-state index contributed by atoms with van der Waals surface area (Å²) in [6.45, 7) is 3.06. The first-order valence-electron chi connectivity index (χ1n) is 7.57. The predicted octanol–water partition coefficient (Wildman–Crippen LogP) is 2.33. The van der Waals surface area contributed by atoms with Crippen molar-refractivity contribution in [3.05, 3.63) is 31.3 Å². The number of aromatic nitrogens is 2. The molecule has 0 N–H and O–H groups in total. The lowest BCUT2D eigenvalue weighted by Crippen LogP contribution is -2.41. The number of fused-ring (bicyclic) bond motifs is 1. The second kappa shape index (κ2) is 7.52. The molecule has 0 saturated heterocycles. The van der Waals surface area contributed by atoms with Crippen LogP contribution < -0.4 is 11.2 Å². The van der Waals surface area contributed by atoms with E-state index in [9.17, 15) is 27.6 Å². The van der Waals surface area contributed by atoms with Gasteiger partial charge < -0.3 is 4.74 Å². The Kier molecular flexibility index (Phi) is 5.83. The van der Waals surface area contributed by atoms with Crippen molar-refractivity contribution >= 4 is 27.8 Å². The highest BCUT2D eigenvalue weighted by atomic mass is 32.1. The molecule has 0 amide bonds. The molecule has 10 heteroatoms. The zero-order valence-electron chi connectivity index (χ0n) is 13.7. The summed E-state index contributed by atoms with van der Waals surface area (Å²) in [5.41, 5.74) is -1.09. The van der Waals surface area contributed by atoms with E-state index < -0.39 is 30.4 Å². The summed E-state index contributed by atoms with van der Waals surface area (Å²) in [5.74, 6) is 0. The highest BCUT2D eigenvalue weighted by molar-refractivity contribution is 7.20. The molecule has 0 aliphatic carbocycles. The van der Waals surface area contributed by atoms with Crippen LogP contribution in [0, 0.1) is 6.92 Å². The zero-order chi connectivity index (χ0) is 18.8. The first-order chi connectivity index (χ1) is 11.7. The van der Waals surface area contributed by atoms with Gasteiger partial charge in [0.1, 0.15) is 4.83 Å². The number of nitrogens with zero attached hydrogens (tertiary/aromatic N) is 2. The van der Waals surface area contributed by atoms with Gasteiger partial charge in [0.05, 0.1) is 29.8 Å². The standard InChI is InChI=1S/C15H17F3N2O4S/c1-3-24-7-6-19-12(22)11-9(2)10(8-21)25-13(11)20(14(19)23)5-4-15(16,17)18/h8H,3-7H2,1-2H3. The fraction of sp³-hybridized carbons (Fsp3) is 0.533. The van der Waals surface area contributed by atoms with Crippen molar-refractivity contribution in [2.24, 2.45) is 0 Å². The number of alkyl halides is 3. The van der Waals surface area contributed by atoms with Crippen molar-refractivity contribution in [2.75, 3.05) is 13.2 Å². The molecule has 6 nitrogen and oxygen atoms in total. The summed E-state index contributed by atoms with van der Waals surface area (Å²) in [6.07, 6.45) is -5.13. The molecule has 2 aromatic rings. The fourth-order valence-corrected chi connectivity index (χ4v) is 3.59. The van der Waals surface area contributed by atoms with E-state index in [1.165, 1.54) is 6.92 Å². The molecular weight excluding hydrogens is 361 g/mol. The van der Waals surface area contributed by atoms with Crippen molar-refractivity contribution in [2.45, 2.75) is 39.5 Å². The number of hydrogen-bond acceptors (Lipinski definition) is 5. The Morgan fingerprint density at radius 1 is 1.20 bits per heavy atom. The van der Waals surface area contributed by atoms with Crippen LogP contribution in [-0.4, -0.2) is 34.8 Å². The third-order valence-corrected chi connectivity index (χ3v) is 4.96. The molecule has 2 heterocycles. The number of hydrogen-bond donors (Lipinski definition) is 0. The van der Waals surface area contributed by atoms with E-state index in [0.717, 1.165) is 20.5 Å². The maximum atomic E-state index is 12.6. The average Bonchev–Trinajstić information content (AvgIpc) is 2.86.